The molecule has 148 valence electrons. The molecule has 8 heteroatoms. The van der Waals surface area contributed by atoms with E-state index in [0.717, 1.165) is 5.56 Å². The Kier molecular flexibility index (Phi) is 11.3. The summed E-state index contributed by atoms with van der Waals surface area (Å²) in [5.41, 5.74) is 8.21. The third-order valence-corrected chi connectivity index (χ3v) is 3.51. The van der Waals surface area contributed by atoms with Gasteiger partial charge >= 0.3 is 0 Å². The van der Waals surface area contributed by atoms with Crippen molar-refractivity contribution >= 4 is 48.0 Å². The molecule has 0 radical (unpaired) electrons. The molecule has 4 N–H and O–H groups in total. The molecule has 0 bridgehead atoms. The Morgan fingerprint density at radius 2 is 1.56 bits per heavy atom. The molecule has 0 aromatic heterocycles. The van der Waals surface area contributed by atoms with E-state index in [-0.39, 0.29) is 36.6 Å². The Hall–Kier alpha value is -2.12. The molecule has 0 aliphatic heterocycles. The Morgan fingerprint density at radius 3 is 2.15 bits per heavy atom. The van der Waals surface area contributed by atoms with Crippen molar-refractivity contribution in [2.24, 2.45) is 5.73 Å². The highest BCUT2D eigenvalue weighted by atomic mass is 35.5. The Balaban J connectivity index is 0.00000338. The number of nitrogens with two attached hydrogens (primary N) is 1. The average molecular weight is 413 g/mol. The van der Waals surface area contributed by atoms with Crippen LogP contribution in [0.5, 0.6) is 0 Å². The van der Waals surface area contributed by atoms with Gasteiger partial charge in [-0.1, -0.05) is 36.4 Å². The van der Waals surface area contributed by atoms with Gasteiger partial charge in [0.05, 0.1) is 12.6 Å². The summed E-state index contributed by atoms with van der Waals surface area (Å²) < 4.78 is 0. The lowest BCUT2D eigenvalue weighted by Crippen LogP contribution is -2.37. The van der Waals surface area contributed by atoms with Crippen molar-refractivity contribution in [2.45, 2.75) is 12.5 Å². The van der Waals surface area contributed by atoms with Crippen LogP contribution in [0.25, 0.3) is 0 Å². The molecule has 1 atom stereocenters. The molecule has 0 aliphatic rings. The van der Waals surface area contributed by atoms with Gasteiger partial charge in [0.2, 0.25) is 11.8 Å². The van der Waals surface area contributed by atoms with E-state index < -0.39 is 6.04 Å². The van der Waals surface area contributed by atoms with E-state index in [1.165, 1.54) is 0 Å². The van der Waals surface area contributed by atoms with Gasteiger partial charge in [-0.3, -0.25) is 9.59 Å². The van der Waals surface area contributed by atoms with Crippen LogP contribution in [0, 0.1) is 0 Å². The number of amides is 2. The molecule has 0 unspecified atom stereocenters. The minimum atomic E-state index is -0.644. The maximum atomic E-state index is 12.3. The van der Waals surface area contributed by atoms with Crippen molar-refractivity contribution in [3.05, 3.63) is 60.2 Å². The van der Waals surface area contributed by atoms with Crippen molar-refractivity contribution in [1.29, 1.82) is 0 Å². The summed E-state index contributed by atoms with van der Waals surface area (Å²) >= 11 is 0. The molecule has 0 fully saturated rings. The summed E-state index contributed by atoms with van der Waals surface area (Å²) in [7, 11) is 3.65. The normalized spacial score (nSPS) is 11.0. The minimum Gasteiger partial charge on any atom is -0.325 e. The summed E-state index contributed by atoms with van der Waals surface area (Å²) in [4.78, 5) is 25.9. The molecule has 2 aromatic rings. The zero-order valence-corrected chi connectivity index (χ0v) is 17.0. The lowest BCUT2D eigenvalue weighted by atomic mass is 10.1. The predicted molar refractivity (Wildman–Crippen MR) is 115 cm³/mol. The Labute approximate surface area is 172 Å². The van der Waals surface area contributed by atoms with Crippen molar-refractivity contribution < 1.29 is 9.59 Å². The fourth-order valence-corrected chi connectivity index (χ4v) is 2.36. The number of benzene rings is 2. The molecule has 0 aliphatic carbocycles. The maximum absolute atomic E-state index is 12.3. The smallest absolute Gasteiger partial charge is 0.241 e. The van der Waals surface area contributed by atoms with Crippen molar-refractivity contribution in [3.8, 4) is 0 Å². The summed E-state index contributed by atoms with van der Waals surface area (Å²) in [6, 6.07) is 16.0. The van der Waals surface area contributed by atoms with Crippen LogP contribution in [0.3, 0.4) is 0 Å². The summed E-state index contributed by atoms with van der Waals surface area (Å²) in [6.07, 6.45) is 0.464. The quantitative estimate of drug-likeness (QED) is 0.651. The van der Waals surface area contributed by atoms with E-state index in [1.54, 1.807) is 29.2 Å². The molecule has 0 heterocycles. The SMILES string of the molecule is CN(C)CC(=O)Nc1cccc(NC(=O)[C@@H](N)Cc2ccccc2)c1.Cl.Cl. The van der Waals surface area contributed by atoms with E-state index in [0.29, 0.717) is 24.3 Å². The van der Waals surface area contributed by atoms with Crippen molar-refractivity contribution in [2.75, 3.05) is 31.3 Å². The maximum Gasteiger partial charge on any atom is 0.241 e. The monoisotopic (exact) mass is 412 g/mol. The van der Waals surface area contributed by atoms with Gasteiger partial charge in [-0.2, -0.15) is 0 Å². The standard InChI is InChI=1S/C19H24N4O2.2ClH/c1-23(2)13-18(24)21-15-9-6-10-16(12-15)22-19(25)17(20)11-14-7-4-3-5-8-14;;/h3-10,12,17H,11,13,20H2,1-2H3,(H,21,24)(H,22,25);2*1H/t17-;;/m0../s1. The van der Waals surface area contributed by atoms with Crippen LogP contribution in [0.4, 0.5) is 11.4 Å². The van der Waals surface area contributed by atoms with Gasteiger partial charge in [0.15, 0.2) is 0 Å². The minimum absolute atomic E-state index is 0. The number of rotatable bonds is 7. The van der Waals surface area contributed by atoms with Crippen LogP contribution in [-0.4, -0.2) is 43.4 Å². The van der Waals surface area contributed by atoms with Crippen LogP contribution < -0.4 is 16.4 Å². The lowest BCUT2D eigenvalue weighted by molar-refractivity contribution is -0.117. The molecule has 2 rings (SSSR count). The van der Waals surface area contributed by atoms with Gasteiger partial charge in [-0.05, 0) is 44.3 Å². The molecule has 0 spiro atoms. The van der Waals surface area contributed by atoms with Crippen LogP contribution in [0.2, 0.25) is 0 Å². The van der Waals surface area contributed by atoms with Crippen LogP contribution in [-0.2, 0) is 16.0 Å². The van der Waals surface area contributed by atoms with Gasteiger partial charge < -0.3 is 21.3 Å². The fourth-order valence-electron chi connectivity index (χ4n) is 2.36. The van der Waals surface area contributed by atoms with Gasteiger partial charge in [-0.25, -0.2) is 0 Å². The fraction of sp³-hybridized carbons (Fsp3) is 0.263. The van der Waals surface area contributed by atoms with E-state index in [1.807, 2.05) is 44.4 Å². The molecule has 0 saturated carbocycles. The Bertz CT molecular complexity index is 727. The number of hydrogen-bond donors (Lipinski definition) is 3. The molecule has 27 heavy (non-hydrogen) atoms. The molecule has 0 saturated heterocycles. The predicted octanol–water partition coefficient (Wildman–Crippen LogP) is 2.54. The number of halogens is 2. The highest BCUT2D eigenvalue weighted by Crippen LogP contribution is 2.15. The van der Waals surface area contributed by atoms with E-state index in [9.17, 15) is 9.59 Å². The zero-order chi connectivity index (χ0) is 18.2. The highest BCUT2D eigenvalue weighted by molar-refractivity contribution is 5.96. The topological polar surface area (TPSA) is 87.5 Å². The van der Waals surface area contributed by atoms with Crippen molar-refractivity contribution in [3.63, 3.8) is 0 Å². The van der Waals surface area contributed by atoms with Crippen LogP contribution in [0.1, 0.15) is 5.56 Å². The summed E-state index contributed by atoms with van der Waals surface area (Å²) in [5, 5.41) is 5.58. The third-order valence-electron chi connectivity index (χ3n) is 3.51. The number of carbonyl (C=O) groups is 2. The average Bonchev–Trinajstić information content (AvgIpc) is 2.55. The summed E-state index contributed by atoms with van der Waals surface area (Å²) in [6.45, 7) is 0.290. The zero-order valence-electron chi connectivity index (χ0n) is 15.3. The second-order valence-electron chi connectivity index (χ2n) is 6.15. The second-order valence-corrected chi connectivity index (χ2v) is 6.15. The van der Waals surface area contributed by atoms with Gasteiger partial charge in [0.25, 0.3) is 0 Å². The lowest BCUT2D eigenvalue weighted by Gasteiger charge is -2.14. The van der Waals surface area contributed by atoms with Crippen LogP contribution >= 0.6 is 24.8 Å². The molecule has 2 aromatic carbocycles. The van der Waals surface area contributed by atoms with Crippen molar-refractivity contribution in [1.82, 2.24) is 4.90 Å². The number of likely N-dealkylation sites (N-methyl/N-ethyl adjacent to an activating group) is 1. The highest BCUT2D eigenvalue weighted by Gasteiger charge is 2.14. The first-order valence-electron chi connectivity index (χ1n) is 8.09. The van der Waals surface area contributed by atoms with Crippen LogP contribution in [0.15, 0.2) is 54.6 Å². The summed E-state index contributed by atoms with van der Waals surface area (Å²) in [5.74, 6) is -0.380. The molecular weight excluding hydrogens is 387 g/mol. The number of carbonyl (C=O) groups excluding carboxylic acids is 2. The van der Waals surface area contributed by atoms with E-state index in [4.69, 9.17) is 5.73 Å². The first kappa shape index (κ1) is 24.9. The number of hydrogen-bond acceptors (Lipinski definition) is 4. The number of nitrogens with zero attached hydrogens (tertiary/aromatic N) is 1. The van der Waals surface area contributed by atoms with E-state index >= 15 is 0 Å². The number of anilines is 2. The first-order chi connectivity index (χ1) is 11.9. The molecular formula is C19H26Cl2N4O2. The van der Waals surface area contributed by atoms with Gasteiger partial charge in [0.1, 0.15) is 0 Å². The van der Waals surface area contributed by atoms with Gasteiger partial charge in [-0.15, -0.1) is 24.8 Å². The largest absolute Gasteiger partial charge is 0.325 e. The van der Waals surface area contributed by atoms with E-state index in [2.05, 4.69) is 10.6 Å². The van der Waals surface area contributed by atoms with Gasteiger partial charge in [0, 0.05) is 11.4 Å². The molecule has 2 amide bonds. The first-order valence-corrected chi connectivity index (χ1v) is 8.09. The Morgan fingerprint density at radius 1 is 0.963 bits per heavy atom. The molecule has 6 nitrogen and oxygen atoms in total. The third kappa shape index (κ3) is 8.88. The second kappa shape index (κ2) is 12.3. The number of nitrogens with one attached hydrogen (secondary N) is 2.